The molecule has 0 bridgehead atoms. The molecule has 1 atom stereocenters. The smallest absolute Gasteiger partial charge is 0.258 e. The van der Waals surface area contributed by atoms with E-state index >= 15 is 0 Å². The van der Waals surface area contributed by atoms with Crippen LogP contribution >= 0.6 is 0 Å². The number of rotatable bonds is 3. The number of fused-ring (bicyclic) bond motifs is 1. The Morgan fingerprint density at radius 2 is 2.00 bits per heavy atom. The van der Waals surface area contributed by atoms with Gasteiger partial charge >= 0.3 is 0 Å². The summed E-state index contributed by atoms with van der Waals surface area (Å²) in [6, 6.07) is 17.4. The number of nitriles is 1. The van der Waals surface area contributed by atoms with Gasteiger partial charge in [0.1, 0.15) is 5.82 Å². The molecule has 5 nitrogen and oxygen atoms in total. The highest BCUT2D eigenvalue weighted by Crippen LogP contribution is 2.31. The fourth-order valence-corrected chi connectivity index (χ4v) is 3.51. The molecule has 0 amide bonds. The Labute approximate surface area is 145 Å². The zero-order valence-corrected chi connectivity index (χ0v) is 13.8. The molecule has 1 unspecified atom stereocenters. The lowest BCUT2D eigenvalue weighted by atomic mass is 10.1. The number of likely N-dealkylation sites (tertiary alicyclic amines) is 1. The summed E-state index contributed by atoms with van der Waals surface area (Å²) in [6.45, 7) is 1.76. The van der Waals surface area contributed by atoms with Crippen LogP contribution in [0.3, 0.4) is 0 Å². The molecular weight excluding hydrogens is 312 g/mol. The van der Waals surface area contributed by atoms with E-state index in [1.165, 1.54) is 0 Å². The lowest BCUT2D eigenvalue weighted by Gasteiger charge is -2.24. The van der Waals surface area contributed by atoms with Gasteiger partial charge in [-0.15, -0.1) is 0 Å². The first-order chi connectivity index (χ1) is 12.2. The molecule has 4 rings (SSSR count). The van der Waals surface area contributed by atoms with Crippen LogP contribution in [0.15, 0.2) is 53.3 Å². The summed E-state index contributed by atoms with van der Waals surface area (Å²) in [5, 5.41) is 9.54. The summed E-state index contributed by atoms with van der Waals surface area (Å²) < 4.78 is 0. The molecule has 2 heterocycles. The average molecular weight is 330 g/mol. The molecule has 25 heavy (non-hydrogen) atoms. The Kier molecular flexibility index (Phi) is 4.04. The molecular formula is C20H18N4O. The van der Waals surface area contributed by atoms with Gasteiger partial charge in [0.05, 0.1) is 28.6 Å². The molecule has 1 aliphatic heterocycles. The molecule has 0 aliphatic carbocycles. The zero-order chi connectivity index (χ0) is 17.2. The second-order valence-corrected chi connectivity index (χ2v) is 6.41. The Morgan fingerprint density at radius 1 is 1.20 bits per heavy atom. The van der Waals surface area contributed by atoms with Crippen molar-refractivity contribution in [3.63, 3.8) is 0 Å². The largest absolute Gasteiger partial charge is 0.309 e. The van der Waals surface area contributed by atoms with Gasteiger partial charge < -0.3 is 4.98 Å². The van der Waals surface area contributed by atoms with Crippen molar-refractivity contribution in [2.75, 3.05) is 6.54 Å². The monoisotopic (exact) mass is 330 g/mol. The second-order valence-electron chi connectivity index (χ2n) is 6.41. The molecule has 0 spiro atoms. The highest BCUT2D eigenvalue weighted by molar-refractivity contribution is 5.77. The number of aromatic nitrogens is 2. The van der Waals surface area contributed by atoms with E-state index < -0.39 is 0 Å². The molecule has 5 heteroatoms. The van der Waals surface area contributed by atoms with E-state index in [1.807, 2.05) is 42.5 Å². The number of H-pyrrole nitrogens is 1. The normalized spacial score (nSPS) is 17.6. The van der Waals surface area contributed by atoms with Crippen LogP contribution in [0.4, 0.5) is 0 Å². The Bertz CT molecular complexity index is 1000. The van der Waals surface area contributed by atoms with Crippen molar-refractivity contribution in [2.24, 2.45) is 0 Å². The van der Waals surface area contributed by atoms with E-state index in [2.05, 4.69) is 16.0 Å². The topological polar surface area (TPSA) is 72.8 Å². The lowest BCUT2D eigenvalue weighted by Crippen LogP contribution is -2.26. The fourth-order valence-electron chi connectivity index (χ4n) is 3.51. The van der Waals surface area contributed by atoms with Crippen LogP contribution in [0.1, 0.15) is 35.8 Å². The first-order valence-corrected chi connectivity index (χ1v) is 8.46. The van der Waals surface area contributed by atoms with E-state index in [0.29, 0.717) is 10.9 Å². The Morgan fingerprint density at radius 3 is 2.80 bits per heavy atom. The van der Waals surface area contributed by atoms with Gasteiger partial charge in [-0.3, -0.25) is 9.69 Å². The van der Waals surface area contributed by atoms with Crippen molar-refractivity contribution in [2.45, 2.75) is 25.4 Å². The minimum atomic E-state index is -0.0779. The van der Waals surface area contributed by atoms with Crippen molar-refractivity contribution < 1.29 is 0 Å². The number of aromatic amines is 1. The third kappa shape index (κ3) is 3.04. The van der Waals surface area contributed by atoms with Gasteiger partial charge in [-0.05, 0) is 49.2 Å². The highest BCUT2D eigenvalue weighted by Gasteiger charge is 2.28. The van der Waals surface area contributed by atoms with Crippen molar-refractivity contribution in [1.82, 2.24) is 14.9 Å². The van der Waals surface area contributed by atoms with Gasteiger partial charge in [0.25, 0.3) is 5.56 Å². The number of benzene rings is 2. The van der Waals surface area contributed by atoms with Gasteiger partial charge in [0.2, 0.25) is 0 Å². The van der Waals surface area contributed by atoms with Gasteiger partial charge in [-0.1, -0.05) is 24.3 Å². The maximum absolute atomic E-state index is 12.3. The maximum atomic E-state index is 12.3. The molecule has 1 saturated heterocycles. The molecule has 0 radical (unpaired) electrons. The number of nitrogens with zero attached hydrogens (tertiary/aromatic N) is 3. The summed E-state index contributed by atoms with van der Waals surface area (Å²) >= 11 is 0. The standard InChI is InChI=1S/C20H18N4O/c21-12-14-7-9-15(10-8-14)13-24-11-3-6-18(24)19-22-17-5-2-1-4-16(17)20(25)23-19/h1-2,4-5,7-10,18H,3,6,11,13H2,(H,22,23,25). The van der Waals surface area contributed by atoms with Crippen molar-refractivity contribution in [3.05, 3.63) is 75.8 Å². The van der Waals surface area contributed by atoms with Gasteiger partial charge in [0, 0.05) is 6.54 Å². The molecule has 1 aromatic heterocycles. The van der Waals surface area contributed by atoms with Crippen molar-refractivity contribution in [1.29, 1.82) is 5.26 Å². The SMILES string of the molecule is N#Cc1ccc(CN2CCCC2c2nc3ccccc3c(=O)[nH]2)cc1. The van der Waals surface area contributed by atoms with Crippen LogP contribution in [0.2, 0.25) is 0 Å². The quantitative estimate of drug-likeness (QED) is 0.801. The second kappa shape index (κ2) is 6.50. The highest BCUT2D eigenvalue weighted by atomic mass is 16.1. The van der Waals surface area contributed by atoms with Crippen LogP contribution in [0, 0.1) is 11.3 Å². The van der Waals surface area contributed by atoms with Crippen molar-refractivity contribution >= 4 is 10.9 Å². The first-order valence-electron chi connectivity index (χ1n) is 8.46. The van der Waals surface area contributed by atoms with Gasteiger partial charge in [-0.2, -0.15) is 5.26 Å². The Balaban J connectivity index is 1.63. The van der Waals surface area contributed by atoms with E-state index in [4.69, 9.17) is 10.2 Å². The van der Waals surface area contributed by atoms with E-state index in [9.17, 15) is 4.79 Å². The summed E-state index contributed by atoms with van der Waals surface area (Å²) in [7, 11) is 0. The fraction of sp³-hybridized carbons (Fsp3) is 0.250. The zero-order valence-electron chi connectivity index (χ0n) is 13.8. The molecule has 1 N–H and O–H groups in total. The van der Waals surface area contributed by atoms with Crippen molar-refractivity contribution in [3.8, 4) is 6.07 Å². The number of hydrogen-bond acceptors (Lipinski definition) is 4. The van der Waals surface area contributed by atoms with Gasteiger partial charge in [-0.25, -0.2) is 4.98 Å². The molecule has 1 fully saturated rings. The minimum Gasteiger partial charge on any atom is -0.309 e. The summed E-state index contributed by atoms with van der Waals surface area (Å²) in [5.41, 5.74) is 2.49. The predicted molar refractivity (Wildman–Crippen MR) is 95.9 cm³/mol. The predicted octanol–water partition coefficient (Wildman–Crippen LogP) is 3.13. The molecule has 3 aromatic rings. The van der Waals surface area contributed by atoms with Crippen LogP contribution < -0.4 is 5.56 Å². The average Bonchev–Trinajstić information content (AvgIpc) is 3.10. The van der Waals surface area contributed by atoms with E-state index in [0.717, 1.165) is 42.8 Å². The third-order valence-electron chi connectivity index (χ3n) is 4.78. The van der Waals surface area contributed by atoms with Crippen LogP contribution in [0.25, 0.3) is 10.9 Å². The number of para-hydroxylation sites is 1. The van der Waals surface area contributed by atoms with Crippen LogP contribution in [-0.4, -0.2) is 21.4 Å². The number of nitrogens with one attached hydrogen (secondary N) is 1. The third-order valence-corrected chi connectivity index (χ3v) is 4.78. The molecule has 124 valence electrons. The summed E-state index contributed by atoms with van der Waals surface area (Å²) in [6.07, 6.45) is 2.06. The molecule has 0 saturated carbocycles. The van der Waals surface area contributed by atoms with Crippen LogP contribution in [-0.2, 0) is 6.54 Å². The Hall–Kier alpha value is -2.97. The summed E-state index contributed by atoms with van der Waals surface area (Å²) in [5.74, 6) is 0.745. The first kappa shape index (κ1) is 15.6. The van der Waals surface area contributed by atoms with Crippen LogP contribution in [0.5, 0.6) is 0 Å². The molecule has 1 aliphatic rings. The molecule has 2 aromatic carbocycles. The lowest BCUT2D eigenvalue weighted by molar-refractivity contribution is 0.240. The van der Waals surface area contributed by atoms with E-state index in [-0.39, 0.29) is 11.6 Å². The van der Waals surface area contributed by atoms with E-state index in [1.54, 1.807) is 6.07 Å². The number of hydrogen-bond donors (Lipinski definition) is 1. The summed E-state index contributed by atoms with van der Waals surface area (Å²) in [4.78, 5) is 22.4. The van der Waals surface area contributed by atoms with Gasteiger partial charge in [0.15, 0.2) is 0 Å². The minimum absolute atomic E-state index is 0.0779. The maximum Gasteiger partial charge on any atom is 0.258 e.